The second-order valence-electron chi connectivity index (χ2n) is 4.00. The number of aromatic nitrogens is 1. The van der Waals surface area contributed by atoms with Crippen molar-refractivity contribution in [3.8, 4) is 5.75 Å². The van der Waals surface area contributed by atoms with Crippen molar-refractivity contribution in [1.82, 2.24) is 4.98 Å². The number of methoxy groups -OCH3 is 1. The van der Waals surface area contributed by atoms with Crippen LogP contribution in [0.2, 0.25) is 0 Å². The average Bonchev–Trinajstić information content (AvgIpc) is 2.35. The molecule has 0 radical (unpaired) electrons. The van der Waals surface area contributed by atoms with Crippen molar-refractivity contribution < 1.29 is 9.66 Å². The first kappa shape index (κ1) is 12.1. The highest BCUT2D eigenvalue weighted by Crippen LogP contribution is 2.39. The van der Waals surface area contributed by atoms with Crippen LogP contribution in [0, 0.1) is 10.1 Å². The van der Waals surface area contributed by atoms with Crippen LogP contribution in [0.25, 0.3) is 10.9 Å². The fraction of sp³-hybridized carbons (Fsp3) is 0.250. The van der Waals surface area contributed by atoms with Crippen LogP contribution in [-0.2, 0) is 0 Å². The summed E-state index contributed by atoms with van der Waals surface area (Å²) in [5.74, 6) is 0.465. The third-order valence-electron chi connectivity index (χ3n) is 2.67. The summed E-state index contributed by atoms with van der Waals surface area (Å²) in [5, 5.41) is 11.8. The Kier molecular flexibility index (Phi) is 3.01. The van der Waals surface area contributed by atoms with E-state index in [1.807, 2.05) is 19.0 Å². The van der Waals surface area contributed by atoms with Gasteiger partial charge in [0, 0.05) is 25.7 Å². The van der Waals surface area contributed by atoms with Gasteiger partial charge in [0.25, 0.3) is 5.69 Å². The molecule has 0 bridgehead atoms. The minimum atomic E-state index is -0.447. The second kappa shape index (κ2) is 4.48. The summed E-state index contributed by atoms with van der Waals surface area (Å²) in [6.07, 6.45) is 1.54. The lowest BCUT2D eigenvalue weighted by atomic mass is 10.1. The minimum Gasteiger partial charge on any atom is -0.494 e. The first-order valence-electron chi connectivity index (χ1n) is 5.33. The van der Waals surface area contributed by atoms with Crippen molar-refractivity contribution in [2.45, 2.75) is 0 Å². The average molecular weight is 247 g/mol. The van der Waals surface area contributed by atoms with Crippen molar-refractivity contribution in [2.75, 3.05) is 26.1 Å². The van der Waals surface area contributed by atoms with Crippen molar-refractivity contribution in [2.24, 2.45) is 0 Å². The van der Waals surface area contributed by atoms with Crippen LogP contribution >= 0.6 is 0 Å². The Hall–Kier alpha value is -2.37. The van der Waals surface area contributed by atoms with Gasteiger partial charge in [0.15, 0.2) is 5.52 Å². The first-order valence-corrected chi connectivity index (χ1v) is 5.33. The molecule has 6 nitrogen and oxygen atoms in total. The van der Waals surface area contributed by atoms with Crippen molar-refractivity contribution in [3.05, 3.63) is 34.5 Å². The van der Waals surface area contributed by atoms with Gasteiger partial charge < -0.3 is 9.64 Å². The number of anilines is 1. The standard InChI is InChI=1S/C12H13N3O3/c1-14(2)12-8-5-4-6-13-11(8)9(15(16)17)7-10(12)18-3/h4-7H,1-3H3. The zero-order chi connectivity index (χ0) is 13.3. The molecule has 0 aliphatic rings. The Balaban J connectivity index is 2.91. The van der Waals surface area contributed by atoms with Gasteiger partial charge in [-0.15, -0.1) is 0 Å². The van der Waals surface area contributed by atoms with Crippen LogP contribution in [0.1, 0.15) is 0 Å². The highest BCUT2D eigenvalue weighted by atomic mass is 16.6. The van der Waals surface area contributed by atoms with Gasteiger partial charge in [0.1, 0.15) is 5.75 Å². The highest BCUT2D eigenvalue weighted by molar-refractivity contribution is 6.00. The zero-order valence-corrected chi connectivity index (χ0v) is 10.4. The monoisotopic (exact) mass is 247 g/mol. The van der Waals surface area contributed by atoms with Crippen molar-refractivity contribution in [1.29, 1.82) is 0 Å². The summed E-state index contributed by atoms with van der Waals surface area (Å²) in [6, 6.07) is 4.95. The van der Waals surface area contributed by atoms with Crippen LogP contribution in [0.5, 0.6) is 5.75 Å². The lowest BCUT2D eigenvalue weighted by Crippen LogP contribution is -2.11. The molecule has 2 rings (SSSR count). The molecule has 0 fully saturated rings. The van der Waals surface area contributed by atoms with Crippen LogP contribution in [0.15, 0.2) is 24.4 Å². The first-order chi connectivity index (χ1) is 8.56. The van der Waals surface area contributed by atoms with Crippen LogP contribution in [0.3, 0.4) is 0 Å². The summed E-state index contributed by atoms with van der Waals surface area (Å²) in [5.41, 5.74) is 1.10. The Morgan fingerprint density at radius 3 is 2.72 bits per heavy atom. The summed E-state index contributed by atoms with van der Waals surface area (Å²) >= 11 is 0. The SMILES string of the molecule is COc1cc([N+](=O)[O-])c2ncccc2c1N(C)C. The summed E-state index contributed by atoms with van der Waals surface area (Å²) < 4.78 is 5.23. The van der Waals surface area contributed by atoms with Gasteiger partial charge in [-0.05, 0) is 12.1 Å². The van der Waals surface area contributed by atoms with E-state index < -0.39 is 4.92 Å². The van der Waals surface area contributed by atoms with Gasteiger partial charge in [0.2, 0.25) is 0 Å². The quantitative estimate of drug-likeness (QED) is 0.614. The maximum Gasteiger partial charge on any atom is 0.299 e. The molecule has 0 N–H and O–H groups in total. The predicted octanol–water partition coefficient (Wildman–Crippen LogP) is 2.22. The Morgan fingerprint density at radius 2 is 2.17 bits per heavy atom. The Labute approximate surface area is 104 Å². The fourth-order valence-electron chi connectivity index (χ4n) is 1.95. The molecule has 0 saturated heterocycles. The van der Waals surface area contributed by atoms with Crippen molar-refractivity contribution in [3.63, 3.8) is 0 Å². The summed E-state index contributed by atoms with van der Waals surface area (Å²) in [7, 11) is 5.21. The number of hydrogen-bond donors (Lipinski definition) is 0. The fourth-order valence-corrected chi connectivity index (χ4v) is 1.95. The van der Waals surface area contributed by atoms with Crippen LogP contribution < -0.4 is 9.64 Å². The summed E-state index contributed by atoms with van der Waals surface area (Å²) in [4.78, 5) is 16.6. The van der Waals surface area contributed by atoms with E-state index >= 15 is 0 Å². The molecule has 1 aromatic heterocycles. The molecule has 0 unspecified atom stereocenters. The lowest BCUT2D eigenvalue weighted by molar-refractivity contribution is -0.383. The topological polar surface area (TPSA) is 68.5 Å². The second-order valence-corrected chi connectivity index (χ2v) is 4.00. The van der Waals surface area contributed by atoms with E-state index in [0.717, 1.165) is 5.69 Å². The third-order valence-corrected chi connectivity index (χ3v) is 2.67. The van der Waals surface area contributed by atoms with E-state index in [1.165, 1.54) is 13.2 Å². The molecule has 1 aromatic carbocycles. The van der Waals surface area contributed by atoms with Gasteiger partial charge in [-0.25, -0.2) is 4.98 Å². The number of rotatable bonds is 3. The highest BCUT2D eigenvalue weighted by Gasteiger charge is 2.21. The molecule has 2 aromatic rings. The van der Waals surface area contributed by atoms with E-state index in [9.17, 15) is 10.1 Å². The largest absolute Gasteiger partial charge is 0.494 e. The number of non-ortho nitro benzene ring substituents is 1. The van der Waals surface area contributed by atoms with E-state index in [-0.39, 0.29) is 5.69 Å². The molecule has 0 saturated carbocycles. The zero-order valence-electron chi connectivity index (χ0n) is 10.4. The number of nitro groups is 1. The third kappa shape index (κ3) is 1.81. The number of fused-ring (bicyclic) bond motifs is 1. The van der Waals surface area contributed by atoms with Gasteiger partial charge in [-0.1, -0.05) is 0 Å². The number of benzene rings is 1. The maximum atomic E-state index is 11.1. The number of nitrogens with zero attached hydrogens (tertiary/aromatic N) is 3. The van der Waals surface area contributed by atoms with E-state index in [2.05, 4.69) is 4.98 Å². The smallest absolute Gasteiger partial charge is 0.299 e. The van der Waals surface area contributed by atoms with Crippen molar-refractivity contribution >= 4 is 22.3 Å². The Bertz CT molecular complexity index is 611. The van der Waals surface area contributed by atoms with Gasteiger partial charge in [-0.2, -0.15) is 0 Å². The minimum absolute atomic E-state index is 0.0481. The van der Waals surface area contributed by atoms with Gasteiger partial charge in [-0.3, -0.25) is 10.1 Å². The lowest BCUT2D eigenvalue weighted by Gasteiger charge is -2.18. The van der Waals surface area contributed by atoms with E-state index in [1.54, 1.807) is 18.3 Å². The summed E-state index contributed by atoms with van der Waals surface area (Å²) in [6.45, 7) is 0. The molecule has 0 atom stereocenters. The molecular weight excluding hydrogens is 234 g/mol. The maximum absolute atomic E-state index is 11.1. The number of ether oxygens (including phenoxy) is 1. The normalized spacial score (nSPS) is 10.4. The van der Waals surface area contributed by atoms with E-state index in [0.29, 0.717) is 16.7 Å². The molecule has 18 heavy (non-hydrogen) atoms. The molecule has 0 amide bonds. The Morgan fingerprint density at radius 1 is 1.44 bits per heavy atom. The molecule has 1 heterocycles. The predicted molar refractivity (Wildman–Crippen MR) is 69.3 cm³/mol. The number of nitro benzene ring substituents is 1. The molecule has 0 aliphatic carbocycles. The molecule has 94 valence electrons. The molecule has 6 heteroatoms. The van der Waals surface area contributed by atoms with Crippen LogP contribution in [-0.4, -0.2) is 31.1 Å². The van der Waals surface area contributed by atoms with Gasteiger partial charge >= 0.3 is 0 Å². The van der Waals surface area contributed by atoms with Crippen LogP contribution in [0.4, 0.5) is 11.4 Å². The molecular formula is C12H13N3O3. The van der Waals surface area contributed by atoms with E-state index in [4.69, 9.17) is 4.74 Å². The molecule has 0 aliphatic heterocycles. The number of pyridine rings is 1. The number of hydrogen-bond acceptors (Lipinski definition) is 5. The van der Waals surface area contributed by atoms with Gasteiger partial charge in [0.05, 0.1) is 23.8 Å². The molecule has 0 spiro atoms.